The second-order valence-electron chi connectivity index (χ2n) is 7.08. The number of hydrogen-bond acceptors (Lipinski definition) is 3. The maximum Gasteiger partial charge on any atom is 0.171 e. The van der Waals surface area contributed by atoms with Gasteiger partial charge in [-0.3, -0.25) is 0 Å². The predicted octanol–water partition coefficient (Wildman–Crippen LogP) is 5.25. The van der Waals surface area contributed by atoms with Gasteiger partial charge < -0.3 is 20.1 Å². The van der Waals surface area contributed by atoms with E-state index >= 15 is 0 Å². The highest BCUT2D eigenvalue weighted by Crippen LogP contribution is 2.41. The van der Waals surface area contributed by atoms with E-state index < -0.39 is 0 Å². The van der Waals surface area contributed by atoms with Gasteiger partial charge in [-0.25, -0.2) is 0 Å². The first-order valence-electron chi connectivity index (χ1n) is 8.48. The van der Waals surface area contributed by atoms with Gasteiger partial charge in [-0.1, -0.05) is 17.7 Å². The molecular formula is C20H23ClN2O2S. The Morgan fingerprint density at radius 3 is 2.73 bits per heavy atom. The first-order valence-corrected chi connectivity index (χ1v) is 9.27. The van der Waals surface area contributed by atoms with Gasteiger partial charge in [0.15, 0.2) is 5.11 Å². The van der Waals surface area contributed by atoms with Gasteiger partial charge >= 0.3 is 0 Å². The van der Waals surface area contributed by atoms with Crippen molar-refractivity contribution in [2.45, 2.75) is 38.8 Å². The summed E-state index contributed by atoms with van der Waals surface area (Å²) in [6, 6.07) is 11.7. The number of hydrogen-bond donors (Lipinski definition) is 2. The van der Waals surface area contributed by atoms with Gasteiger partial charge in [0, 0.05) is 22.7 Å². The molecule has 0 fully saturated rings. The van der Waals surface area contributed by atoms with Crippen molar-refractivity contribution < 1.29 is 9.47 Å². The first kappa shape index (κ1) is 18.8. The number of anilines is 1. The molecule has 26 heavy (non-hydrogen) atoms. The monoisotopic (exact) mass is 390 g/mol. The molecule has 2 aromatic rings. The first-order chi connectivity index (χ1) is 12.3. The second kappa shape index (κ2) is 7.33. The average Bonchev–Trinajstić information content (AvgIpc) is 2.57. The number of nitrogens with one attached hydrogen (secondary N) is 2. The zero-order valence-electron chi connectivity index (χ0n) is 15.4. The molecule has 0 aliphatic carbocycles. The van der Waals surface area contributed by atoms with Crippen LogP contribution < -0.4 is 20.1 Å². The van der Waals surface area contributed by atoms with Crippen molar-refractivity contribution in [1.82, 2.24) is 5.32 Å². The molecule has 138 valence electrons. The van der Waals surface area contributed by atoms with Crippen LogP contribution in [0, 0.1) is 6.92 Å². The molecule has 0 radical (unpaired) electrons. The summed E-state index contributed by atoms with van der Waals surface area (Å²) < 4.78 is 11.5. The molecule has 0 saturated heterocycles. The van der Waals surface area contributed by atoms with E-state index in [9.17, 15) is 0 Å². The maximum atomic E-state index is 6.19. The Morgan fingerprint density at radius 1 is 1.27 bits per heavy atom. The molecule has 2 aromatic carbocycles. The Labute approximate surface area is 164 Å². The van der Waals surface area contributed by atoms with Crippen molar-refractivity contribution in [3.63, 3.8) is 0 Å². The topological polar surface area (TPSA) is 42.5 Å². The Morgan fingerprint density at radius 2 is 2.04 bits per heavy atom. The molecule has 4 nitrogen and oxygen atoms in total. The molecule has 0 spiro atoms. The number of halogens is 1. The standard InChI is InChI=1S/C20H23ClN2O2S/c1-12-5-6-13(9-16(12)21)22-19(26)23-17-11-20(2,3)25-18-8-7-14(24-4)10-15(17)18/h5-10,17H,11H2,1-4H3,(H2,22,23,26)/t17-/m1/s1. The summed E-state index contributed by atoms with van der Waals surface area (Å²) in [6.07, 6.45) is 0.781. The van der Waals surface area contributed by atoms with Crippen LogP contribution in [0.1, 0.15) is 37.4 Å². The van der Waals surface area contributed by atoms with Gasteiger partial charge in [0.05, 0.1) is 13.2 Å². The van der Waals surface area contributed by atoms with Crippen LogP contribution in [0.2, 0.25) is 5.02 Å². The molecule has 0 bridgehead atoms. The Kier molecular flexibility index (Phi) is 5.30. The highest BCUT2D eigenvalue weighted by molar-refractivity contribution is 7.80. The van der Waals surface area contributed by atoms with Gasteiger partial charge in [-0.05, 0) is 68.9 Å². The van der Waals surface area contributed by atoms with Crippen LogP contribution in [0.4, 0.5) is 5.69 Å². The minimum Gasteiger partial charge on any atom is -0.497 e. The fourth-order valence-electron chi connectivity index (χ4n) is 3.08. The van der Waals surface area contributed by atoms with Crippen LogP contribution in [0.5, 0.6) is 11.5 Å². The summed E-state index contributed by atoms with van der Waals surface area (Å²) in [5.41, 5.74) is 2.63. The zero-order valence-corrected chi connectivity index (χ0v) is 16.9. The lowest BCUT2D eigenvalue weighted by molar-refractivity contribution is 0.0695. The Balaban J connectivity index is 1.79. The molecule has 1 aliphatic rings. The number of methoxy groups -OCH3 is 1. The van der Waals surface area contributed by atoms with Gasteiger partial charge in [0.25, 0.3) is 0 Å². The Hall–Kier alpha value is -1.98. The Bertz CT molecular complexity index is 839. The van der Waals surface area contributed by atoms with Gasteiger partial charge in [0.1, 0.15) is 17.1 Å². The minimum atomic E-state index is -0.290. The number of thiocarbonyl (C=S) groups is 1. The van der Waals surface area contributed by atoms with Crippen LogP contribution in [0.15, 0.2) is 36.4 Å². The minimum absolute atomic E-state index is 0.0183. The lowest BCUT2D eigenvalue weighted by Crippen LogP contribution is -2.42. The largest absolute Gasteiger partial charge is 0.497 e. The summed E-state index contributed by atoms with van der Waals surface area (Å²) in [6.45, 7) is 6.12. The number of ether oxygens (including phenoxy) is 2. The number of aryl methyl sites for hydroxylation is 1. The third kappa shape index (κ3) is 4.22. The summed E-state index contributed by atoms with van der Waals surface area (Å²) in [5, 5.41) is 7.87. The molecule has 1 aliphatic heterocycles. The molecule has 6 heteroatoms. The van der Waals surface area contributed by atoms with E-state index in [4.69, 9.17) is 33.3 Å². The van der Waals surface area contributed by atoms with Crippen molar-refractivity contribution in [1.29, 1.82) is 0 Å². The lowest BCUT2D eigenvalue weighted by Gasteiger charge is -2.38. The van der Waals surface area contributed by atoms with E-state index in [0.717, 1.165) is 34.7 Å². The van der Waals surface area contributed by atoms with Gasteiger partial charge in [-0.2, -0.15) is 0 Å². The predicted molar refractivity (Wildman–Crippen MR) is 111 cm³/mol. The zero-order chi connectivity index (χ0) is 18.9. The van der Waals surface area contributed by atoms with Crippen molar-refractivity contribution in [3.8, 4) is 11.5 Å². The SMILES string of the molecule is COc1ccc2c(c1)[C@H](NC(=S)Nc1ccc(C)c(Cl)c1)CC(C)(C)O2. The number of fused-ring (bicyclic) bond motifs is 1. The smallest absolute Gasteiger partial charge is 0.171 e. The van der Waals surface area contributed by atoms with E-state index in [1.54, 1.807) is 7.11 Å². The van der Waals surface area contributed by atoms with E-state index in [0.29, 0.717) is 10.1 Å². The third-order valence-electron chi connectivity index (χ3n) is 4.41. The molecule has 0 unspecified atom stereocenters. The third-order valence-corrected chi connectivity index (χ3v) is 5.04. The van der Waals surface area contributed by atoms with Crippen LogP contribution in [-0.2, 0) is 0 Å². The van der Waals surface area contributed by atoms with E-state index in [1.165, 1.54) is 0 Å². The molecular weight excluding hydrogens is 368 g/mol. The molecule has 1 atom stereocenters. The average molecular weight is 391 g/mol. The molecule has 1 heterocycles. The van der Waals surface area contributed by atoms with Crippen LogP contribution in [-0.4, -0.2) is 17.8 Å². The van der Waals surface area contributed by atoms with Crippen LogP contribution in [0.25, 0.3) is 0 Å². The van der Waals surface area contributed by atoms with E-state index in [1.807, 2.05) is 43.3 Å². The fraction of sp³-hybridized carbons (Fsp3) is 0.350. The summed E-state index contributed by atoms with van der Waals surface area (Å²) in [7, 11) is 1.66. The maximum absolute atomic E-state index is 6.19. The van der Waals surface area contributed by atoms with Gasteiger partial charge in [0.2, 0.25) is 0 Å². The summed E-state index contributed by atoms with van der Waals surface area (Å²) >= 11 is 11.7. The summed E-state index contributed by atoms with van der Waals surface area (Å²) in [5.74, 6) is 1.64. The van der Waals surface area contributed by atoms with Gasteiger partial charge in [-0.15, -0.1) is 0 Å². The molecule has 2 N–H and O–H groups in total. The highest BCUT2D eigenvalue weighted by atomic mass is 35.5. The molecule has 0 aromatic heterocycles. The molecule has 0 saturated carbocycles. The summed E-state index contributed by atoms with van der Waals surface area (Å²) in [4.78, 5) is 0. The normalized spacial score (nSPS) is 17.7. The highest BCUT2D eigenvalue weighted by Gasteiger charge is 2.34. The lowest BCUT2D eigenvalue weighted by atomic mass is 9.89. The molecule has 3 rings (SSSR count). The van der Waals surface area contributed by atoms with Crippen molar-refractivity contribution in [2.24, 2.45) is 0 Å². The van der Waals surface area contributed by atoms with Crippen molar-refractivity contribution in [3.05, 3.63) is 52.5 Å². The van der Waals surface area contributed by atoms with Crippen molar-refractivity contribution >= 4 is 34.6 Å². The van der Waals surface area contributed by atoms with Crippen LogP contribution >= 0.6 is 23.8 Å². The molecule has 0 amide bonds. The quantitative estimate of drug-likeness (QED) is 0.701. The van der Waals surface area contributed by atoms with E-state index in [2.05, 4.69) is 24.5 Å². The van der Waals surface area contributed by atoms with Crippen LogP contribution in [0.3, 0.4) is 0 Å². The van der Waals surface area contributed by atoms with Crippen molar-refractivity contribution in [2.75, 3.05) is 12.4 Å². The van der Waals surface area contributed by atoms with E-state index in [-0.39, 0.29) is 11.6 Å². The second-order valence-corrected chi connectivity index (χ2v) is 7.90. The number of benzene rings is 2. The fourth-order valence-corrected chi connectivity index (χ4v) is 3.53. The number of rotatable bonds is 3.